The normalized spacial score (nSPS) is 12.3. The van der Waals surface area contributed by atoms with Crippen molar-refractivity contribution in [2.45, 2.75) is 131 Å². The fourth-order valence-corrected chi connectivity index (χ4v) is 10.6. The minimum atomic E-state index is -0.505. The zero-order valence-electron chi connectivity index (χ0n) is 64.5. The van der Waals surface area contributed by atoms with E-state index in [9.17, 15) is 19.5 Å². The Balaban J connectivity index is 0.000000307. The molecule has 3 heterocycles. The topological polar surface area (TPSA) is 179 Å². The minimum absolute atomic E-state index is 0.00349. The molecule has 110 heavy (non-hydrogen) atoms. The van der Waals surface area contributed by atoms with Gasteiger partial charge in [-0.25, -0.2) is 9.59 Å². The Morgan fingerprint density at radius 3 is 1.07 bits per heavy atom. The van der Waals surface area contributed by atoms with Gasteiger partial charge in [-0.05, 0) is 313 Å². The summed E-state index contributed by atoms with van der Waals surface area (Å²) in [5.41, 5.74) is 12.0. The van der Waals surface area contributed by atoms with E-state index < -0.39 is 11.2 Å². The van der Waals surface area contributed by atoms with E-state index in [-0.39, 0.29) is 30.7 Å². The van der Waals surface area contributed by atoms with Crippen LogP contribution in [0.2, 0.25) is 0 Å². The number of Topliss-reactive ketones (excluding diaryl/α,β-unsaturated/α-hetero) is 1. The molecule has 0 atom stereocenters. The number of aliphatic hydroxyl groups excluding tert-OH is 1. The Labute approximate surface area is 651 Å². The van der Waals surface area contributed by atoms with Gasteiger partial charge < -0.3 is 48.6 Å². The highest BCUT2D eigenvalue weighted by Crippen LogP contribution is 2.34. The molecule has 1 aliphatic carbocycles. The first kappa shape index (κ1) is 88.6. The van der Waals surface area contributed by atoms with Crippen molar-refractivity contribution in [1.29, 1.82) is 0 Å². The van der Waals surface area contributed by atoms with Gasteiger partial charge in [-0.1, -0.05) is 66.8 Å². The van der Waals surface area contributed by atoms with Gasteiger partial charge in [0.15, 0.2) is 5.78 Å². The number of hydrogen-bond donors (Lipinski definition) is 2. The molecule has 2 N–H and O–H groups in total. The number of aryl methyl sites for hydroxylation is 1. The second-order valence-electron chi connectivity index (χ2n) is 25.2. The number of ether oxygens (including phenoxy) is 6. The van der Waals surface area contributed by atoms with Crippen LogP contribution in [0.15, 0.2) is 108 Å². The van der Waals surface area contributed by atoms with Crippen LogP contribution in [0.3, 0.4) is 0 Å². The maximum absolute atomic E-state index is 12.4. The lowest BCUT2D eigenvalue weighted by atomic mass is 9.94. The lowest BCUT2D eigenvalue weighted by Gasteiger charge is -2.26. The minimum Gasteiger partial charge on any atom is -0.497 e. The second kappa shape index (κ2) is 51.4. The molecule has 4 aromatic carbocycles. The molecule has 0 saturated carbocycles. The predicted molar refractivity (Wildman–Crippen MR) is 431 cm³/mol. The first-order valence-electron chi connectivity index (χ1n) is 35.2. The number of benzene rings is 4. The number of fused-ring (bicyclic) bond motifs is 1. The summed E-state index contributed by atoms with van der Waals surface area (Å²) in [5.74, 6) is 79.2. The van der Waals surface area contributed by atoms with E-state index in [1.165, 1.54) is 33.4 Å². The SMILES string of the molecule is CC#CC#CC#CC#CC#CC#CC#CC#CC#CC#CC#CC#CC#CC#CC#CC.CCC1=C(c2ccc(OC)cc2)CCN(C(=O)OC(C)(C)C)CC1.COc1ccc(C2=C(CO)CCN(C(=O)OC(C)(C)C)CC2)cc1.COc1ccc(C2=C(COc3ccc4c(c3)C(=O)CC4)CCNCC2)cc1.O=C=O. The number of nitrogens with one attached hydrogen (secondary N) is 1. The molecule has 2 amide bonds. The molecular weight excluding hydrogens is 1380 g/mol. The summed E-state index contributed by atoms with van der Waals surface area (Å²) in [7, 11) is 5.00. The number of ketones is 1. The van der Waals surface area contributed by atoms with Gasteiger partial charge in [0, 0.05) is 109 Å². The summed E-state index contributed by atoms with van der Waals surface area (Å²) in [5, 5.41) is 13.2. The molecule has 3 aliphatic heterocycles. The van der Waals surface area contributed by atoms with Crippen molar-refractivity contribution in [3.05, 3.63) is 136 Å². The van der Waals surface area contributed by atoms with Crippen LogP contribution in [-0.2, 0) is 25.5 Å². The molecule has 0 unspecified atom stereocenters. The molecule has 0 spiro atoms. The number of aliphatic hydroxyl groups is 1. The summed E-state index contributed by atoms with van der Waals surface area (Å²) in [6.45, 7) is 21.9. The van der Waals surface area contributed by atoms with Gasteiger partial charge in [0.2, 0.25) is 0 Å². The zero-order chi connectivity index (χ0) is 80.0. The molecule has 4 aromatic rings. The zero-order valence-corrected chi connectivity index (χ0v) is 64.5. The number of amides is 2. The van der Waals surface area contributed by atoms with Crippen LogP contribution in [0.25, 0.3) is 16.7 Å². The fourth-order valence-electron chi connectivity index (χ4n) is 10.6. The highest BCUT2D eigenvalue weighted by molar-refractivity contribution is 6.00. The van der Waals surface area contributed by atoms with Crippen LogP contribution in [0.1, 0.15) is 146 Å². The first-order valence-corrected chi connectivity index (χ1v) is 35.2. The number of hydrogen-bond acceptors (Lipinski definition) is 13. The van der Waals surface area contributed by atoms with Crippen LogP contribution in [0.5, 0.6) is 23.0 Å². The van der Waals surface area contributed by atoms with Crippen LogP contribution in [0, 0.1) is 178 Å². The van der Waals surface area contributed by atoms with Gasteiger partial charge in [0.05, 0.1) is 27.9 Å². The average molecular weight is 1460 g/mol. The first-order chi connectivity index (χ1) is 53.2. The third-order valence-corrected chi connectivity index (χ3v) is 15.7. The van der Waals surface area contributed by atoms with Crippen molar-refractivity contribution in [2.24, 2.45) is 0 Å². The van der Waals surface area contributed by atoms with Crippen molar-refractivity contribution < 1.29 is 57.5 Å². The molecule has 0 radical (unpaired) electrons. The molecule has 0 fully saturated rings. The lowest BCUT2D eigenvalue weighted by molar-refractivity contribution is -0.191. The van der Waals surface area contributed by atoms with Crippen molar-refractivity contribution >= 4 is 40.8 Å². The predicted octanol–water partition coefficient (Wildman–Crippen LogP) is 12.9. The van der Waals surface area contributed by atoms with E-state index in [4.69, 9.17) is 38.0 Å². The number of carbonyl (C=O) groups is 3. The molecule has 0 bridgehead atoms. The van der Waals surface area contributed by atoms with E-state index in [1.807, 2.05) is 113 Å². The summed E-state index contributed by atoms with van der Waals surface area (Å²) in [4.78, 5) is 56.4. The maximum atomic E-state index is 12.4. The Morgan fingerprint density at radius 2 is 0.736 bits per heavy atom. The third kappa shape index (κ3) is 35.3. The van der Waals surface area contributed by atoms with E-state index in [0.717, 1.165) is 109 Å². The van der Waals surface area contributed by atoms with Gasteiger partial charge >= 0.3 is 18.3 Å². The number of carbonyl (C=O) groups excluding carboxylic acids is 5. The highest BCUT2D eigenvalue weighted by Gasteiger charge is 2.28. The van der Waals surface area contributed by atoms with Crippen LogP contribution >= 0.6 is 0 Å². The number of rotatable bonds is 11. The summed E-state index contributed by atoms with van der Waals surface area (Å²) in [6, 6.07) is 30.2. The molecule has 0 saturated heterocycles. The lowest BCUT2D eigenvalue weighted by Crippen LogP contribution is -2.37. The molecule has 15 nitrogen and oxygen atoms in total. The highest BCUT2D eigenvalue weighted by atomic mass is 16.6. The average Bonchev–Trinajstić information content (AvgIpc) is 1.65. The number of nitrogens with zero attached hydrogens (tertiary/aromatic N) is 2. The van der Waals surface area contributed by atoms with Crippen LogP contribution in [-0.4, -0.2) is 124 Å². The van der Waals surface area contributed by atoms with Crippen molar-refractivity contribution in [1.82, 2.24) is 15.1 Å². The van der Waals surface area contributed by atoms with Crippen LogP contribution < -0.4 is 24.3 Å². The molecule has 8 rings (SSSR count). The summed E-state index contributed by atoms with van der Waals surface area (Å²) in [6.07, 6.45) is 7.27. The van der Waals surface area contributed by atoms with Gasteiger partial charge in [-0.2, -0.15) is 9.59 Å². The fraction of sp³-hybridized carbons (Fsp3) is 0.326. The Bertz CT molecular complexity index is 4840. The Hall–Kier alpha value is -13.8. The van der Waals surface area contributed by atoms with E-state index >= 15 is 0 Å². The Kier molecular flexibility index (Phi) is 41.4. The van der Waals surface area contributed by atoms with Crippen LogP contribution in [0.4, 0.5) is 9.59 Å². The second-order valence-corrected chi connectivity index (χ2v) is 25.2. The molecular formula is C95H87N3O12. The Morgan fingerprint density at radius 1 is 0.418 bits per heavy atom. The standard InChI is InChI=1S/C32H6.C23H25NO3.C20H29NO3.C19H27NO4.CO2/c1-3-5-7-9-11-13-15-17-19-21-23-25-27-29-31-32-30-28-26-24-22-20-18-16-14-12-10-8-6-4-2;1-26-19-6-2-16(3-7-19)21-11-13-24-12-10-18(21)15-27-20-8-4-17-5-9-23(25)22(17)14-20;1-6-15-11-13-21(19(22)24-20(2,3)4)14-12-18(15)16-7-9-17(23-5)10-8-16;1-19(2,3)24-18(22)20-11-9-15(13-21)17(10-12-20)14-5-7-16(23-4)8-6-14;2-1-3/h1-2H3;2-4,6-8,14,24H,5,9-13,15H2,1H3;7-10H,6,11-14H2,1-5H3;5-8,21H,9-13H2,1-4H3;. The molecule has 4 aliphatic rings. The largest absolute Gasteiger partial charge is 0.497 e. The quantitative estimate of drug-likeness (QED) is 0.136. The van der Waals surface area contributed by atoms with E-state index in [2.05, 4.69) is 214 Å². The third-order valence-electron chi connectivity index (χ3n) is 15.7. The summed E-state index contributed by atoms with van der Waals surface area (Å²) >= 11 is 0. The summed E-state index contributed by atoms with van der Waals surface area (Å²) < 4.78 is 32.8. The molecule has 554 valence electrons. The van der Waals surface area contributed by atoms with Crippen molar-refractivity contribution in [3.8, 4) is 201 Å². The molecule has 0 aromatic heterocycles. The van der Waals surface area contributed by atoms with Crippen molar-refractivity contribution in [3.63, 3.8) is 0 Å². The van der Waals surface area contributed by atoms with Gasteiger partial charge in [-0.3, -0.25) is 4.79 Å². The van der Waals surface area contributed by atoms with Gasteiger partial charge in [0.25, 0.3) is 0 Å². The smallest absolute Gasteiger partial charge is 0.410 e. The maximum Gasteiger partial charge on any atom is 0.410 e. The van der Waals surface area contributed by atoms with E-state index in [1.54, 1.807) is 40.1 Å². The van der Waals surface area contributed by atoms with E-state index in [0.29, 0.717) is 45.5 Å². The van der Waals surface area contributed by atoms with Gasteiger partial charge in [0.1, 0.15) is 40.8 Å². The monoisotopic (exact) mass is 1460 g/mol. The molecule has 15 heteroatoms. The van der Waals surface area contributed by atoms with Gasteiger partial charge in [-0.15, -0.1) is 0 Å². The van der Waals surface area contributed by atoms with Crippen molar-refractivity contribution in [2.75, 3.05) is 73.8 Å². The number of methoxy groups -OCH3 is 3.